The summed E-state index contributed by atoms with van der Waals surface area (Å²) in [5.41, 5.74) is 0.810. The zero-order chi connectivity index (χ0) is 12.8. The van der Waals surface area contributed by atoms with Crippen molar-refractivity contribution < 1.29 is 14.4 Å². The highest BCUT2D eigenvalue weighted by molar-refractivity contribution is 6.99. The predicted molar refractivity (Wildman–Crippen MR) is 64.4 cm³/mol. The molecule has 1 atom stereocenters. The van der Waals surface area contributed by atoms with E-state index in [-0.39, 0.29) is 6.61 Å². The van der Waals surface area contributed by atoms with Gasteiger partial charge in [-0.25, -0.2) is 0 Å². The monoisotopic (exact) mass is 270 g/mol. The molecule has 0 fully saturated rings. The fraction of sp³-hybridized carbons (Fsp3) is 0.500. The fourth-order valence-corrected chi connectivity index (χ4v) is 1.69. The van der Waals surface area contributed by atoms with Gasteiger partial charge in [0.1, 0.15) is 24.7 Å². The van der Waals surface area contributed by atoms with Gasteiger partial charge in [-0.05, 0) is 6.92 Å². The zero-order valence-electron chi connectivity index (χ0n) is 9.87. The first-order valence-electron chi connectivity index (χ1n) is 5.45. The molecule has 2 aromatic heterocycles. The molecule has 7 nitrogen and oxygen atoms in total. The van der Waals surface area contributed by atoms with Gasteiger partial charge in [-0.1, -0.05) is 5.16 Å². The minimum absolute atomic E-state index is 0.177. The second kappa shape index (κ2) is 6.43. The Kier molecular flexibility index (Phi) is 4.62. The normalized spacial score (nSPS) is 12.6. The van der Waals surface area contributed by atoms with Gasteiger partial charge in [0.25, 0.3) is 0 Å². The highest BCUT2D eigenvalue weighted by Crippen LogP contribution is 2.05. The average Bonchev–Trinajstić information content (AvgIpc) is 2.98. The van der Waals surface area contributed by atoms with E-state index in [1.807, 2.05) is 13.0 Å². The Labute approximate surface area is 108 Å². The van der Waals surface area contributed by atoms with Gasteiger partial charge in [-0.2, -0.15) is 4.37 Å². The minimum Gasteiger partial charge on any atom is -0.473 e. The molecule has 18 heavy (non-hydrogen) atoms. The van der Waals surface area contributed by atoms with Gasteiger partial charge in [0, 0.05) is 19.2 Å². The molecule has 2 N–H and O–H groups in total. The number of nitrogens with zero attached hydrogens (tertiary/aromatic N) is 3. The van der Waals surface area contributed by atoms with Crippen LogP contribution in [0, 0.1) is 6.92 Å². The first-order valence-corrected chi connectivity index (χ1v) is 6.18. The molecule has 8 heteroatoms. The molecular weight excluding hydrogens is 256 g/mol. The van der Waals surface area contributed by atoms with Crippen LogP contribution in [-0.2, 0) is 6.54 Å². The van der Waals surface area contributed by atoms with Crippen LogP contribution in [0.2, 0.25) is 0 Å². The van der Waals surface area contributed by atoms with Gasteiger partial charge in [0.15, 0.2) is 0 Å². The lowest BCUT2D eigenvalue weighted by molar-refractivity contribution is 0.104. The van der Waals surface area contributed by atoms with Crippen LogP contribution in [-0.4, -0.2) is 38.3 Å². The highest BCUT2D eigenvalue weighted by atomic mass is 32.1. The maximum Gasteiger partial charge on any atom is 0.245 e. The topological polar surface area (TPSA) is 93.3 Å². The average molecular weight is 270 g/mol. The van der Waals surface area contributed by atoms with Crippen LogP contribution in [0.1, 0.15) is 11.5 Å². The lowest BCUT2D eigenvalue weighted by Crippen LogP contribution is -2.31. The Morgan fingerprint density at radius 2 is 2.50 bits per heavy atom. The molecule has 0 aliphatic rings. The standard InChI is InChI=1S/C10H14N4O3S/c1-7-2-8(13-17-7)3-11-4-9(15)6-16-10-5-12-18-14-10/h2,5,9,11,15H,3-4,6H2,1H3. The van der Waals surface area contributed by atoms with E-state index < -0.39 is 6.10 Å². The molecule has 0 saturated heterocycles. The number of aryl methyl sites for hydroxylation is 1. The van der Waals surface area contributed by atoms with Crippen LogP contribution in [0.5, 0.6) is 5.88 Å². The number of aliphatic hydroxyl groups excluding tert-OH is 1. The quantitative estimate of drug-likeness (QED) is 0.750. The zero-order valence-corrected chi connectivity index (χ0v) is 10.7. The van der Waals surface area contributed by atoms with Crippen molar-refractivity contribution in [1.82, 2.24) is 19.2 Å². The third kappa shape index (κ3) is 4.06. The molecule has 0 spiro atoms. The van der Waals surface area contributed by atoms with E-state index in [0.717, 1.165) is 23.2 Å². The number of rotatable bonds is 7. The van der Waals surface area contributed by atoms with Crippen molar-refractivity contribution in [2.24, 2.45) is 0 Å². The molecule has 0 saturated carbocycles. The van der Waals surface area contributed by atoms with Crippen LogP contribution in [0.15, 0.2) is 16.8 Å². The summed E-state index contributed by atoms with van der Waals surface area (Å²) in [6, 6.07) is 1.84. The van der Waals surface area contributed by atoms with E-state index in [4.69, 9.17) is 9.26 Å². The van der Waals surface area contributed by atoms with Crippen molar-refractivity contribution in [3.8, 4) is 5.88 Å². The largest absolute Gasteiger partial charge is 0.473 e. The van der Waals surface area contributed by atoms with Crippen molar-refractivity contribution in [1.29, 1.82) is 0 Å². The molecule has 0 aliphatic carbocycles. The van der Waals surface area contributed by atoms with E-state index in [9.17, 15) is 5.11 Å². The summed E-state index contributed by atoms with van der Waals surface area (Å²) in [5, 5.41) is 16.5. The molecule has 0 radical (unpaired) electrons. The van der Waals surface area contributed by atoms with Crippen LogP contribution in [0.3, 0.4) is 0 Å². The molecular formula is C10H14N4O3S. The summed E-state index contributed by atoms with van der Waals surface area (Å²) in [6.45, 7) is 2.97. The maximum atomic E-state index is 9.66. The van der Waals surface area contributed by atoms with Crippen molar-refractivity contribution >= 4 is 11.7 Å². The van der Waals surface area contributed by atoms with Crippen molar-refractivity contribution in [3.63, 3.8) is 0 Å². The van der Waals surface area contributed by atoms with E-state index in [1.54, 1.807) is 0 Å². The van der Waals surface area contributed by atoms with Gasteiger partial charge in [0.2, 0.25) is 5.88 Å². The summed E-state index contributed by atoms with van der Waals surface area (Å²) < 4.78 is 17.8. The Morgan fingerprint density at radius 1 is 1.61 bits per heavy atom. The summed E-state index contributed by atoms with van der Waals surface area (Å²) in [7, 11) is 0. The Bertz CT molecular complexity index is 459. The van der Waals surface area contributed by atoms with Crippen molar-refractivity contribution in [2.75, 3.05) is 13.2 Å². The molecule has 98 valence electrons. The van der Waals surface area contributed by atoms with Crippen molar-refractivity contribution in [3.05, 3.63) is 23.7 Å². The van der Waals surface area contributed by atoms with Gasteiger partial charge in [-0.15, -0.1) is 4.37 Å². The van der Waals surface area contributed by atoms with Crippen LogP contribution < -0.4 is 10.1 Å². The SMILES string of the molecule is Cc1cc(CNCC(O)COc2cnsn2)no1. The number of ether oxygens (including phenoxy) is 1. The van der Waals surface area contributed by atoms with Crippen LogP contribution in [0.25, 0.3) is 0 Å². The summed E-state index contributed by atoms with van der Waals surface area (Å²) >= 11 is 1.07. The molecule has 2 rings (SSSR count). The van der Waals surface area contributed by atoms with Gasteiger partial charge in [0.05, 0.1) is 17.4 Å². The number of hydrogen-bond acceptors (Lipinski definition) is 8. The Morgan fingerprint density at radius 3 is 3.17 bits per heavy atom. The number of hydrogen-bond donors (Lipinski definition) is 2. The molecule has 0 aliphatic heterocycles. The predicted octanol–water partition coefficient (Wildman–Crippen LogP) is 0.364. The van der Waals surface area contributed by atoms with Gasteiger partial charge >= 0.3 is 0 Å². The van der Waals surface area contributed by atoms with E-state index in [1.165, 1.54) is 6.20 Å². The maximum absolute atomic E-state index is 9.66. The van der Waals surface area contributed by atoms with E-state index in [0.29, 0.717) is 19.0 Å². The molecule has 0 bridgehead atoms. The highest BCUT2D eigenvalue weighted by Gasteiger charge is 2.07. The summed E-state index contributed by atoms with van der Waals surface area (Å²) in [5.74, 6) is 1.21. The third-order valence-electron chi connectivity index (χ3n) is 2.13. The Hall–Kier alpha value is -1.51. The first kappa shape index (κ1) is 12.9. The molecule has 2 aromatic rings. The fourth-order valence-electron chi connectivity index (χ4n) is 1.33. The van der Waals surface area contributed by atoms with Crippen LogP contribution >= 0.6 is 11.7 Å². The minimum atomic E-state index is -0.611. The van der Waals surface area contributed by atoms with E-state index in [2.05, 4.69) is 19.2 Å². The molecule has 2 heterocycles. The van der Waals surface area contributed by atoms with Gasteiger partial charge < -0.3 is 19.7 Å². The van der Waals surface area contributed by atoms with Gasteiger partial charge in [-0.3, -0.25) is 0 Å². The van der Waals surface area contributed by atoms with Crippen LogP contribution in [0.4, 0.5) is 0 Å². The molecule has 0 amide bonds. The molecule has 0 aromatic carbocycles. The summed E-state index contributed by atoms with van der Waals surface area (Å²) in [4.78, 5) is 0. The lowest BCUT2D eigenvalue weighted by atomic mass is 10.3. The number of aromatic nitrogens is 3. The van der Waals surface area contributed by atoms with E-state index >= 15 is 0 Å². The second-order valence-corrected chi connectivity index (χ2v) is 4.33. The summed E-state index contributed by atoms with van der Waals surface area (Å²) in [6.07, 6.45) is 0.905. The smallest absolute Gasteiger partial charge is 0.245 e. The van der Waals surface area contributed by atoms with Crippen molar-refractivity contribution in [2.45, 2.75) is 19.6 Å². The molecule has 1 unspecified atom stereocenters. The number of aliphatic hydroxyl groups is 1. The lowest BCUT2D eigenvalue weighted by Gasteiger charge is -2.10. The third-order valence-corrected chi connectivity index (χ3v) is 2.59. The number of nitrogens with one attached hydrogen (secondary N) is 1. The second-order valence-electron chi connectivity index (χ2n) is 3.77. The first-order chi connectivity index (χ1) is 8.74. The Balaban J connectivity index is 1.61.